The smallest absolute Gasteiger partial charge is 0.356 e. The molecule has 0 aliphatic carbocycles. The van der Waals surface area contributed by atoms with Gasteiger partial charge in [-0.2, -0.15) is 24.9 Å². The van der Waals surface area contributed by atoms with Crippen molar-refractivity contribution in [2.45, 2.75) is 25.6 Å². The van der Waals surface area contributed by atoms with Crippen LogP contribution in [0.4, 0.5) is 13.2 Å². The molecule has 0 spiro atoms. The van der Waals surface area contributed by atoms with E-state index < -0.39 is 11.7 Å². The van der Waals surface area contributed by atoms with Crippen LogP contribution in [0.15, 0.2) is 29.3 Å². The second kappa shape index (κ2) is 11.8. The van der Waals surface area contributed by atoms with E-state index in [9.17, 15) is 13.2 Å². The average molecular weight is 461 g/mol. The Morgan fingerprint density at radius 3 is 2.57 bits per heavy atom. The number of unbranched alkanes of at least 4 members (excludes halogenated alkanes) is 1. The van der Waals surface area contributed by atoms with Gasteiger partial charge in [0.15, 0.2) is 5.96 Å². The number of benzene rings is 1. The quantitative estimate of drug-likeness (QED) is 0.278. The van der Waals surface area contributed by atoms with Gasteiger partial charge in [0.25, 0.3) is 0 Å². The van der Waals surface area contributed by atoms with Gasteiger partial charge in [0.1, 0.15) is 0 Å². The van der Waals surface area contributed by atoms with Gasteiger partial charge in [0, 0.05) is 20.1 Å². The molecule has 3 nitrogen and oxygen atoms in total. The molecule has 23 heavy (non-hydrogen) atoms. The fourth-order valence-electron chi connectivity index (χ4n) is 1.84. The molecule has 132 valence electrons. The Morgan fingerprint density at radius 2 is 1.96 bits per heavy atom. The third-order valence-electron chi connectivity index (χ3n) is 3.01. The molecule has 0 amide bonds. The molecule has 0 fully saturated rings. The number of nitrogens with one attached hydrogen (secondary N) is 2. The van der Waals surface area contributed by atoms with Crippen LogP contribution in [-0.4, -0.2) is 31.6 Å². The number of hydrogen-bond acceptors (Lipinski definition) is 2. The van der Waals surface area contributed by atoms with Crippen LogP contribution in [0.5, 0.6) is 0 Å². The minimum absolute atomic E-state index is 0. The largest absolute Gasteiger partial charge is 0.416 e. The Labute approximate surface area is 156 Å². The van der Waals surface area contributed by atoms with Crippen molar-refractivity contribution in [2.24, 2.45) is 4.99 Å². The normalized spacial score (nSPS) is 11.8. The van der Waals surface area contributed by atoms with Gasteiger partial charge in [-0.15, -0.1) is 24.0 Å². The summed E-state index contributed by atoms with van der Waals surface area (Å²) in [5.74, 6) is 1.72. The van der Waals surface area contributed by atoms with Gasteiger partial charge in [-0.3, -0.25) is 4.99 Å². The fourth-order valence-corrected chi connectivity index (χ4v) is 2.34. The van der Waals surface area contributed by atoms with Crippen molar-refractivity contribution in [3.8, 4) is 0 Å². The van der Waals surface area contributed by atoms with Crippen LogP contribution in [0.2, 0.25) is 0 Å². The second-order valence-corrected chi connectivity index (χ2v) is 5.74. The number of thioether (sulfide) groups is 1. The van der Waals surface area contributed by atoms with E-state index in [2.05, 4.69) is 21.9 Å². The maximum absolute atomic E-state index is 12.6. The summed E-state index contributed by atoms with van der Waals surface area (Å²) in [6.45, 7) is 1.09. The Hall–Kier alpha value is -0.640. The Bertz CT molecular complexity index is 481. The van der Waals surface area contributed by atoms with Gasteiger partial charge < -0.3 is 10.6 Å². The molecule has 0 saturated heterocycles. The molecule has 0 heterocycles. The van der Waals surface area contributed by atoms with Gasteiger partial charge in [-0.1, -0.05) is 12.1 Å². The predicted molar refractivity (Wildman–Crippen MR) is 103 cm³/mol. The van der Waals surface area contributed by atoms with Crippen molar-refractivity contribution in [1.82, 2.24) is 10.6 Å². The molecule has 0 aromatic heterocycles. The summed E-state index contributed by atoms with van der Waals surface area (Å²) in [6, 6.07) is 5.30. The van der Waals surface area contributed by atoms with Crippen LogP contribution in [0.3, 0.4) is 0 Å². The van der Waals surface area contributed by atoms with E-state index in [1.807, 2.05) is 11.8 Å². The molecule has 1 rings (SSSR count). The number of hydrogen-bond donors (Lipinski definition) is 2. The lowest BCUT2D eigenvalue weighted by Crippen LogP contribution is -2.37. The molecule has 0 bridgehead atoms. The first-order valence-electron chi connectivity index (χ1n) is 7.07. The van der Waals surface area contributed by atoms with Gasteiger partial charge in [0.2, 0.25) is 0 Å². The number of alkyl halides is 3. The van der Waals surface area contributed by atoms with E-state index in [0.717, 1.165) is 37.3 Å². The standard InChI is InChI=1S/C15H22F3N3S.HI/c1-19-14(20-8-3-4-9-22-2)21-11-12-6-5-7-13(10-12)15(16,17)18;/h5-7,10H,3-4,8-9,11H2,1-2H3,(H2,19,20,21);1H. The predicted octanol–water partition coefficient (Wildman–Crippen LogP) is 4.13. The van der Waals surface area contributed by atoms with Crippen LogP contribution in [0.1, 0.15) is 24.0 Å². The van der Waals surface area contributed by atoms with Gasteiger partial charge in [0.05, 0.1) is 5.56 Å². The molecular weight excluding hydrogens is 438 g/mol. The summed E-state index contributed by atoms with van der Waals surface area (Å²) >= 11 is 1.81. The van der Waals surface area contributed by atoms with E-state index in [4.69, 9.17) is 0 Å². The third-order valence-corrected chi connectivity index (χ3v) is 3.70. The first-order chi connectivity index (χ1) is 10.5. The van der Waals surface area contributed by atoms with Crippen molar-refractivity contribution in [3.63, 3.8) is 0 Å². The summed E-state index contributed by atoms with van der Waals surface area (Å²) in [5.41, 5.74) is -0.0630. The molecule has 2 N–H and O–H groups in total. The summed E-state index contributed by atoms with van der Waals surface area (Å²) in [5, 5.41) is 6.17. The fraction of sp³-hybridized carbons (Fsp3) is 0.533. The van der Waals surface area contributed by atoms with E-state index >= 15 is 0 Å². The van der Waals surface area contributed by atoms with Crippen molar-refractivity contribution in [1.29, 1.82) is 0 Å². The molecule has 1 aromatic rings. The number of rotatable bonds is 7. The van der Waals surface area contributed by atoms with Gasteiger partial charge in [-0.05, 0) is 42.5 Å². The molecule has 0 unspecified atom stereocenters. The zero-order valence-electron chi connectivity index (χ0n) is 13.2. The minimum atomic E-state index is -4.31. The van der Waals surface area contributed by atoms with Gasteiger partial charge >= 0.3 is 6.18 Å². The topological polar surface area (TPSA) is 36.4 Å². The van der Waals surface area contributed by atoms with Crippen LogP contribution in [0.25, 0.3) is 0 Å². The number of guanidine groups is 1. The molecule has 0 saturated carbocycles. The van der Waals surface area contributed by atoms with Crippen LogP contribution < -0.4 is 10.6 Å². The highest BCUT2D eigenvalue weighted by Gasteiger charge is 2.30. The van der Waals surface area contributed by atoms with Crippen molar-refractivity contribution in [3.05, 3.63) is 35.4 Å². The zero-order chi connectivity index (χ0) is 16.4. The molecule has 1 aromatic carbocycles. The summed E-state index contributed by atoms with van der Waals surface area (Å²) in [7, 11) is 1.64. The number of halogens is 4. The van der Waals surface area contributed by atoms with Crippen molar-refractivity contribution < 1.29 is 13.2 Å². The highest BCUT2D eigenvalue weighted by molar-refractivity contribution is 14.0. The molecule has 0 aliphatic heterocycles. The first-order valence-corrected chi connectivity index (χ1v) is 8.46. The lowest BCUT2D eigenvalue weighted by molar-refractivity contribution is -0.137. The van der Waals surface area contributed by atoms with Gasteiger partial charge in [-0.25, -0.2) is 0 Å². The summed E-state index contributed by atoms with van der Waals surface area (Å²) in [4.78, 5) is 4.06. The van der Waals surface area contributed by atoms with Crippen LogP contribution in [-0.2, 0) is 12.7 Å². The molecule has 0 radical (unpaired) electrons. The minimum Gasteiger partial charge on any atom is -0.356 e. The third kappa shape index (κ3) is 9.29. The zero-order valence-corrected chi connectivity index (χ0v) is 16.4. The maximum Gasteiger partial charge on any atom is 0.416 e. The van der Waals surface area contributed by atoms with E-state index in [-0.39, 0.29) is 24.0 Å². The maximum atomic E-state index is 12.6. The van der Waals surface area contributed by atoms with Crippen LogP contribution in [0, 0.1) is 0 Å². The SMILES string of the molecule is CN=C(NCCCCSC)NCc1cccc(C(F)(F)F)c1.I. The summed E-state index contributed by atoms with van der Waals surface area (Å²) in [6.07, 6.45) is -0.0832. The second-order valence-electron chi connectivity index (χ2n) is 4.75. The summed E-state index contributed by atoms with van der Waals surface area (Å²) < 4.78 is 37.9. The van der Waals surface area contributed by atoms with E-state index in [1.165, 1.54) is 6.07 Å². The van der Waals surface area contributed by atoms with E-state index in [1.54, 1.807) is 13.1 Å². The van der Waals surface area contributed by atoms with Crippen molar-refractivity contribution in [2.75, 3.05) is 25.6 Å². The highest BCUT2D eigenvalue weighted by Crippen LogP contribution is 2.29. The highest BCUT2D eigenvalue weighted by atomic mass is 127. The lowest BCUT2D eigenvalue weighted by atomic mass is 10.1. The van der Waals surface area contributed by atoms with E-state index in [0.29, 0.717) is 18.1 Å². The number of nitrogens with zero attached hydrogens (tertiary/aromatic N) is 1. The Morgan fingerprint density at radius 1 is 1.22 bits per heavy atom. The molecule has 0 aliphatic rings. The number of aliphatic imine (C=N–C) groups is 1. The first kappa shape index (κ1) is 22.4. The Balaban J connectivity index is 0.00000484. The molecular formula is C15H23F3IN3S. The Kier molecular flexibility index (Phi) is 11.5. The lowest BCUT2D eigenvalue weighted by Gasteiger charge is -2.13. The molecule has 8 heteroatoms. The van der Waals surface area contributed by atoms with Crippen molar-refractivity contribution >= 4 is 41.7 Å². The molecule has 0 atom stereocenters. The average Bonchev–Trinajstić information content (AvgIpc) is 2.49. The monoisotopic (exact) mass is 461 g/mol. The van der Waals surface area contributed by atoms with Crippen LogP contribution >= 0.6 is 35.7 Å².